The molecule has 0 spiro atoms. The molecule has 2 unspecified atom stereocenters. The Morgan fingerprint density at radius 3 is 2.18 bits per heavy atom. The summed E-state index contributed by atoms with van der Waals surface area (Å²) in [7, 11) is 0. The Labute approximate surface area is 102 Å². The molecule has 2 atom stereocenters. The summed E-state index contributed by atoms with van der Waals surface area (Å²) in [5.74, 6) is -0.891. The van der Waals surface area contributed by atoms with Gasteiger partial charge in [0.15, 0.2) is 0 Å². The maximum Gasteiger partial charge on any atom is 0.126 e. The van der Waals surface area contributed by atoms with Gasteiger partial charge in [0, 0.05) is 12.1 Å². The van der Waals surface area contributed by atoms with Crippen molar-refractivity contribution in [3.8, 4) is 0 Å². The van der Waals surface area contributed by atoms with Crippen LogP contribution in [0.25, 0.3) is 0 Å². The fraction of sp³-hybridized carbons (Fsp3) is 0.571. The summed E-state index contributed by atoms with van der Waals surface area (Å²) in [5.41, 5.74) is 0.724. The van der Waals surface area contributed by atoms with Crippen molar-refractivity contribution >= 4 is 0 Å². The van der Waals surface area contributed by atoms with Gasteiger partial charge >= 0.3 is 0 Å². The summed E-state index contributed by atoms with van der Waals surface area (Å²) in [6.07, 6.45) is 2.06. The van der Waals surface area contributed by atoms with E-state index >= 15 is 0 Å². The number of rotatable bonds is 6. The first-order valence-electron chi connectivity index (χ1n) is 6.27. The molecule has 0 saturated carbocycles. The average molecular weight is 241 g/mol. The fourth-order valence-corrected chi connectivity index (χ4v) is 2.17. The van der Waals surface area contributed by atoms with E-state index in [1.165, 1.54) is 12.1 Å². The third kappa shape index (κ3) is 4.08. The zero-order valence-electron chi connectivity index (χ0n) is 10.8. The Kier molecular flexibility index (Phi) is 5.56. The van der Waals surface area contributed by atoms with Gasteiger partial charge in [-0.2, -0.15) is 0 Å². The third-order valence-electron chi connectivity index (χ3n) is 3.08. The molecule has 0 saturated heterocycles. The normalized spacial score (nSPS) is 14.6. The standard InChI is InChI=1S/C14H21F2N/c1-4-6-14(17-5-2)10(3)11-7-12(15)9-13(16)8-11/h7-10,14,17H,4-6H2,1-3H3. The number of hydrogen-bond donors (Lipinski definition) is 1. The first-order valence-corrected chi connectivity index (χ1v) is 6.27. The molecule has 1 aromatic rings. The van der Waals surface area contributed by atoms with Crippen molar-refractivity contribution in [1.29, 1.82) is 0 Å². The fourth-order valence-electron chi connectivity index (χ4n) is 2.17. The minimum atomic E-state index is -0.501. The molecule has 0 aliphatic heterocycles. The monoisotopic (exact) mass is 241 g/mol. The minimum Gasteiger partial charge on any atom is -0.314 e. The van der Waals surface area contributed by atoms with E-state index in [0.717, 1.165) is 31.0 Å². The zero-order valence-corrected chi connectivity index (χ0v) is 10.8. The van der Waals surface area contributed by atoms with Crippen LogP contribution < -0.4 is 5.32 Å². The van der Waals surface area contributed by atoms with Gasteiger partial charge in [0.1, 0.15) is 11.6 Å². The first kappa shape index (κ1) is 14.1. The molecule has 17 heavy (non-hydrogen) atoms. The van der Waals surface area contributed by atoms with Crippen molar-refractivity contribution in [2.75, 3.05) is 6.54 Å². The van der Waals surface area contributed by atoms with Crippen LogP contribution in [0.4, 0.5) is 8.78 Å². The number of halogens is 2. The number of hydrogen-bond acceptors (Lipinski definition) is 1. The maximum atomic E-state index is 13.2. The highest BCUT2D eigenvalue weighted by Crippen LogP contribution is 2.23. The quantitative estimate of drug-likeness (QED) is 0.797. The van der Waals surface area contributed by atoms with Gasteiger partial charge in [-0.05, 0) is 36.6 Å². The molecule has 1 rings (SSSR count). The number of likely N-dealkylation sites (N-methyl/N-ethyl adjacent to an activating group) is 1. The summed E-state index contributed by atoms with van der Waals surface area (Å²) < 4.78 is 26.3. The minimum absolute atomic E-state index is 0.111. The second-order valence-corrected chi connectivity index (χ2v) is 4.44. The lowest BCUT2D eigenvalue weighted by atomic mass is 9.90. The second-order valence-electron chi connectivity index (χ2n) is 4.44. The van der Waals surface area contributed by atoms with Crippen LogP contribution in [0.3, 0.4) is 0 Å². The van der Waals surface area contributed by atoms with Gasteiger partial charge in [-0.25, -0.2) is 8.78 Å². The van der Waals surface area contributed by atoms with E-state index in [2.05, 4.69) is 12.2 Å². The van der Waals surface area contributed by atoms with Crippen molar-refractivity contribution in [3.05, 3.63) is 35.4 Å². The Morgan fingerprint density at radius 1 is 1.12 bits per heavy atom. The van der Waals surface area contributed by atoms with E-state index in [4.69, 9.17) is 0 Å². The Balaban J connectivity index is 2.87. The zero-order chi connectivity index (χ0) is 12.8. The predicted molar refractivity (Wildman–Crippen MR) is 67.1 cm³/mol. The number of benzene rings is 1. The number of nitrogens with one attached hydrogen (secondary N) is 1. The first-order chi connectivity index (χ1) is 8.08. The molecule has 0 radical (unpaired) electrons. The highest BCUT2D eigenvalue weighted by molar-refractivity contribution is 5.22. The smallest absolute Gasteiger partial charge is 0.126 e. The van der Waals surface area contributed by atoms with Crippen LogP contribution in [-0.2, 0) is 0 Å². The van der Waals surface area contributed by atoms with Gasteiger partial charge in [0.25, 0.3) is 0 Å². The van der Waals surface area contributed by atoms with Crippen LogP contribution in [-0.4, -0.2) is 12.6 Å². The van der Waals surface area contributed by atoms with E-state index in [1.807, 2.05) is 13.8 Å². The summed E-state index contributed by atoms with van der Waals surface area (Å²) >= 11 is 0. The third-order valence-corrected chi connectivity index (χ3v) is 3.08. The van der Waals surface area contributed by atoms with Gasteiger partial charge in [-0.15, -0.1) is 0 Å². The molecular weight excluding hydrogens is 220 g/mol. The van der Waals surface area contributed by atoms with Crippen molar-refractivity contribution in [3.63, 3.8) is 0 Å². The van der Waals surface area contributed by atoms with E-state index in [0.29, 0.717) is 0 Å². The highest BCUT2D eigenvalue weighted by Gasteiger charge is 2.18. The van der Waals surface area contributed by atoms with Crippen LogP contribution in [0.5, 0.6) is 0 Å². The highest BCUT2D eigenvalue weighted by atomic mass is 19.1. The Morgan fingerprint density at radius 2 is 1.71 bits per heavy atom. The molecule has 0 aliphatic carbocycles. The molecule has 1 nitrogen and oxygen atoms in total. The Hall–Kier alpha value is -0.960. The average Bonchev–Trinajstić information content (AvgIpc) is 2.26. The molecule has 1 aromatic carbocycles. The molecule has 1 N–H and O–H groups in total. The van der Waals surface area contributed by atoms with E-state index in [1.54, 1.807) is 0 Å². The molecule has 0 heterocycles. The van der Waals surface area contributed by atoms with Crippen molar-refractivity contribution in [1.82, 2.24) is 5.32 Å². The Bertz CT molecular complexity index is 326. The molecule has 3 heteroatoms. The molecule has 96 valence electrons. The topological polar surface area (TPSA) is 12.0 Å². The summed E-state index contributed by atoms with van der Waals surface area (Å²) in [6.45, 7) is 7.04. The van der Waals surface area contributed by atoms with Crippen molar-refractivity contribution in [2.24, 2.45) is 0 Å². The molecule has 0 amide bonds. The lowest BCUT2D eigenvalue weighted by Crippen LogP contribution is -2.33. The van der Waals surface area contributed by atoms with Crippen LogP contribution in [0, 0.1) is 11.6 Å². The van der Waals surface area contributed by atoms with Crippen LogP contribution >= 0.6 is 0 Å². The van der Waals surface area contributed by atoms with E-state index in [9.17, 15) is 8.78 Å². The second kappa shape index (κ2) is 6.70. The maximum absolute atomic E-state index is 13.2. The SMILES string of the molecule is CCCC(NCC)C(C)c1cc(F)cc(F)c1. The molecule has 0 fully saturated rings. The van der Waals surface area contributed by atoms with Crippen LogP contribution in [0.1, 0.15) is 45.1 Å². The van der Waals surface area contributed by atoms with E-state index < -0.39 is 11.6 Å². The summed E-state index contributed by atoms with van der Waals surface area (Å²) in [4.78, 5) is 0. The predicted octanol–water partition coefficient (Wildman–Crippen LogP) is 3.85. The molecular formula is C14H21F2N. The van der Waals surface area contributed by atoms with Gasteiger partial charge in [0.05, 0.1) is 0 Å². The van der Waals surface area contributed by atoms with Crippen LogP contribution in [0.2, 0.25) is 0 Å². The van der Waals surface area contributed by atoms with Gasteiger partial charge in [-0.1, -0.05) is 27.2 Å². The molecule has 0 aliphatic rings. The van der Waals surface area contributed by atoms with Crippen LogP contribution in [0.15, 0.2) is 18.2 Å². The molecule has 0 bridgehead atoms. The van der Waals surface area contributed by atoms with Crippen molar-refractivity contribution in [2.45, 2.75) is 45.6 Å². The van der Waals surface area contributed by atoms with Gasteiger partial charge < -0.3 is 5.32 Å². The summed E-state index contributed by atoms with van der Waals surface area (Å²) in [5, 5.41) is 3.38. The van der Waals surface area contributed by atoms with Crippen molar-refractivity contribution < 1.29 is 8.78 Å². The lowest BCUT2D eigenvalue weighted by Gasteiger charge is -2.25. The lowest BCUT2D eigenvalue weighted by molar-refractivity contribution is 0.427. The van der Waals surface area contributed by atoms with Gasteiger partial charge in [0.2, 0.25) is 0 Å². The summed E-state index contributed by atoms with van der Waals surface area (Å²) in [6, 6.07) is 4.03. The largest absolute Gasteiger partial charge is 0.314 e. The molecule has 0 aromatic heterocycles. The van der Waals surface area contributed by atoms with Gasteiger partial charge in [-0.3, -0.25) is 0 Å². The van der Waals surface area contributed by atoms with E-state index in [-0.39, 0.29) is 12.0 Å².